The van der Waals surface area contributed by atoms with Gasteiger partial charge in [-0.2, -0.15) is 0 Å². The summed E-state index contributed by atoms with van der Waals surface area (Å²) in [4.78, 5) is 40.7. The summed E-state index contributed by atoms with van der Waals surface area (Å²) in [6.45, 7) is 7.03. The van der Waals surface area contributed by atoms with E-state index in [-0.39, 0.29) is 30.9 Å². The van der Waals surface area contributed by atoms with Gasteiger partial charge >= 0.3 is 6.03 Å². The molecule has 2 aliphatic rings. The van der Waals surface area contributed by atoms with Gasteiger partial charge in [-0.05, 0) is 24.8 Å². The molecule has 0 aromatic heterocycles. The van der Waals surface area contributed by atoms with Crippen LogP contribution in [0.5, 0.6) is 0 Å². The Morgan fingerprint density at radius 2 is 1.93 bits per heavy atom. The second kappa shape index (κ2) is 8.04. The van der Waals surface area contributed by atoms with Crippen molar-refractivity contribution < 1.29 is 14.4 Å². The summed E-state index contributed by atoms with van der Waals surface area (Å²) in [5.74, 6) is 0.123. The van der Waals surface area contributed by atoms with Crippen LogP contribution in [0.1, 0.15) is 37.4 Å². The van der Waals surface area contributed by atoms with Crippen molar-refractivity contribution in [1.29, 1.82) is 0 Å². The van der Waals surface area contributed by atoms with Gasteiger partial charge in [-0.1, -0.05) is 43.7 Å². The Morgan fingerprint density at radius 1 is 1.25 bits per heavy atom. The lowest BCUT2D eigenvalue weighted by Crippen LogP contribution is -2.45. The summed E-state index contributed by atoms with van der Waals surface area (Å²) >= 11 is 0. The predicted molar refractivity (Wildman–Crippen MR) is 106 cm³/mol. The Hall–Kier alpha value is -2.83. The highest BCUT2D eigenvalue weighted by molar-refractivity contribution is 6.02. The third-order valence-electron chi connectivity index (χ3n) is 5.22. The molecule has 0 fully saturated rings. The van der Waals surface area contributed by atoms with Crippen LogP contribution in [-0.2, 0) is 9.59 Å². The average molecular weight is 384 g/mol. The molecule has 0 radical (unpaired) electrons. The average Bonchev–Trinajstić information content (AvgIpc) is 2.95. The standard InChI is InChI=1S/C21H28N4O3/c1-13(2)9-10-22-17(26)12-25-11-16-18(20(25)27)19(23-21(28)24(16)4)15-7-5-14(3)6-8-15/h5-8,13,19H,9-12H2,1-4H3,(H,22,26)(H,23,28). The van der Waals surface area contributed by atoms with E-state index in [0.717, 1.165) is 17.5 Å². The number of hydrogen-bond acceptors (Lipinski definition) is 3. The van der Waals surface area contributed by atoms with E-state index in [1.807, 2.05) is 31.2 Å². The van der Waals surface area contributed by atoms with Crippen LogP contribution < -0.4 is 10.6 Å². The Labute approximate surface area is 165 Å². The number of likely N-dealkylation sites (N-methyl/N-ethyl adjacent to an activating group) is 1. The molecule has 2 heterocycles. The van der Waals surface area contributed by atoms with Gasteiger partial charge in [-0.25, -0.2) is 4.79 Å². The number of benzene rings is 1. The van der Waals surface area contributed by atoms with Gasteiger partial charge in [-0.3, -0.25) is 14.5 Å². The lowest BCUT2D eigenvalue weighted by Gasteiger charge is -2.31. The number of amides is 4. The van der Waals surface area contributed by atoms with Crippen LogP contribution in [-0.4, -0.2) is 54.3 Å². The topological polar surface area (TPSA) is 81.8 Å². The highest BCUT2D eigenvalue weighted by atomic mass is 16.2. The molecule has 3 rings (SSSR count). The second-order valence-corrected chi connectivity index (χ2v) is 7.91. The first kappa shape index (κ1) is 19.9. The zero-order chi connectivity index (χ0) is 20.4. The molecule has 1 unspecified atom stereocenters. The fourth-order valence-electron chi connectivity index (χ4n) is 3.49. The summed E-state index contributed by atoms with van der Waals surface area (Å²) in [5, 5.41) is 5.77. The molecule has 7 heteroatoms. The lowest BCUT2D eigenvalue weighted by atomic mass is 9.95. The summed E-state index contributed by atoms with van der Waals surface area (Å²) in [7, 11) is 1.65. The van der Waals surface area contributed by atoms with E-state index in [4.69, 9.17) is 0 Å². The SMILES string of the molecule is Cc1ccc(C2NC(=O)N(C)C3=C2C(=O)N(CC(=O)NCCC(C)C)C3)cc1. The van der Waals surface area contributed by atoms with Crippen molar-refractivity contribution in [3.8, 4) is 0 Å². The number of rotatable bonds is 6. The molecule has 2 aliphatic heterocycles. The molecule has 1 atom stereocenters. The quantitative estimate of drug-likeness (QED) is 0.787. The molecule has 2 N–H and O–H groups in total. The molecular weight excluding hydrogens is 356 g/mol. The van der Waals surface area contributed by atoms with Gasteiger partial charge < -0.3 is 15.5 Å². The summed E-state index contributed by atoms with van der Waals surface area (Å²) < 4.78 is 0. The van der Waals surface area contributed by atoms with Crippen molar-refractivity contribution in [1.82, 2.24) is 20.4 Å². The lowest BCUT2D eigenvalue weighted by molar-refractivity contribution is -0.131. The maximum atomic E-state index is 13.1. The van der Waals surface area contributed by atoms with E-state index in [0.29, 0.717) is 23.7 Å². The third-order valence-corrected chi connectivity index (χ3v) is 5.22. The van der Waals surface area contributed by atoms with E-state index in [2.05, 4.69) is 24.5 Å². The molecule has 4 amide bonds. The number of nitrogens with zero attached hydrogens (tertiary/aromatic N) is 2. The zero-order valence-corrected chi connectivity index (χ0v) is 16.9. The van der Waals surface area contributed by atoms with E-state index in [1.165, 1.54) is 9.80 Å². The summed E-state index contributed by atoms with van der Waals surface area (Å²) in [6, 6.07) is 7.01. The van der Waals surface area contributed by atoms with Gasteiger partial charge in [-0.15, -0.1) is 0 Å². The number of nitrogens with one attached hydrogen (secondary N) is 2. The number of hydrogen-bond donors (Lipinski definition) is 2. The number of carbonyl (C=O) groups is 3. The van der Waals surface area contributed by atoms with Crippen molar-refractivity contribution in [2.24, 2.45) is 5.92 Å². The minimum atomic E-state index is -0.499. The van der Waals surface area contributed by atoms with E-state index in [1.54, 1.807) is 7.05 Å². The Balaban J connectivity index is 1.76. The van der Waals surface area contributed by atoms with Crippen LogP contribution in [0.2, 0.25) is 0 Å². The van der Waals surface area contributed by atoms with Crippen LogP contribution in [0.3, 0.4) is 0 Å². The normalized spacial score (nSPS) is 19.2. The minimum absolute atomic E-state index is 0.00736. The van der Waals surface area contributed by atoms with Crippen molar-refractivity contribution in [2.45, 2.75) is 33.2 Å². The van der Waals surface area contributed by atoms with E-state index in [9.17, 15) is 14.4 Å². The first-order valence-electron chi connectivity index (χ1n) is 9.67. The Morgan fingerprint density at radius 3 is 2.57 bits per heavy atom. The van der Waals surface area contributed by atoms with Gasteiger partial charge in [0.25, 0.3) is 5.91 Å². The molecular formula is C21H28N4O3. The monoisotopic (exact) mass is 384 g/mol. The first-order chi connectivity index (χ1) is 13.3. The number of urea groups is 1. The van der Waals surface area contributed by atoms with Crippen LogP contribution in [0.4, 0.5) is 4.79 Å². The van der Waals surface area contributed by atoms with Crippen LogP contribution in [0.15, 0.2) is 35.5 Å². The highest BCUT2D eigenvalue weighted by Crippen LogP contribution is 2.35. The third kappa shape index (κ3) is 4.03. The molecule has 0 aliphatic carbocycles. The second-order valence-electron chi connectivity index (χ2n) is 7.91. The van der Waals surface area contributed by atoms with Crippen molar-refractivity contribution in [3.05, 3.63) is 46.7 Å². The van der Waals surface area contributed by atoms with Gasteiger partial charge in [0.05, 0.1) is 23.9 Å². The van der Waals surface area contributed by atoms with Crippen LogP contribution in [0, 0.1) is 12.8 Å². The summed E-state index contributed by atoms with van der Waals surface area (Å²) in [5.41, 5.74) is 3.17. The largest absolute Gasteiger partial charge is 0.355 e. The van der Waals surface area contributed by atoms with E-state index >= 15 is 0 Å². The van der Waals surface area contributed by atoms with Crippen LogP contribution >= 0.6 is 0 Å². The van der Waals surface area contributed by atoms with Crippen molar-refractivity contribution in [3.63, 3.8) is 0 Å². The molecule has 7 nitrogen and oxygen atoms in total. The first-order valence-corrected chi connectivity index (χ1v) is 9.67. The molecule has 0 bridgehead atoms. The molecule has 1 aromatic carbocycles. The van der Waals surface area contributed by atoms with Gasteiger partial charge in [0.2, 0.25) is 5.91 Å². The van der Waals surface area contributed by atoms with E-state index < -0.39 is 6.04 Å². The van der Waals surface area contributed by atoms with Gasteiger partial charge in [0.1, 0.15) is 6.54 Å². The molecule has 150 valence electrons. The molecule has 28 heavy (non-hydrogen) atoms. The molecule has 0 saturated heterocycles. The fraction of sp³-hybridized carbons (Fsp3) is 0.476. The highest BCUT2D eigenvalue weighted by Gasteiger charge is 2.43. The van der Waals surface area contributed by atoms with Crippen molar-refractivity contribution >= 4 is 17.8 Å². The smallest absolute Gasteiger partial charge is 0.322 e. The fourth-order valence-corrected chi connectivity index (χ4v) is 3.49. The van der Waals surface area contributed by atoms with Gasteiger partial charge in [0, 0.05) is 13.6 Å². The zero-order valence-electron chi connectivity index (χ0n) is 16.9. The minimum Gasteiger partial charge on any atom is -0.355 e. The summed E-state index contributed by atoms with van der Waals surface area (Å²) in [6.07, 6.45) is 0.894. The molecule has 0 saturated carbocycles. The van der Waals surface area contributed by atoms with Crippen LogP contribution in [0.25, 0.3) is 0 Å². The predicted octanol–water partition coefficient (Wildman–Crippen LogP) is 1.95. The maximum absolute atomic E-state index is 13.1. The van der Waals surface area contributed by atoms with Gasteiger partial charge in [0.15, 0.2) is 0 Å². The Kier molecular flexibility index (Phi) is 5.72. The number of carbonyl (C=O) groups excluding carboxylic acids is 3. The van der Waals surface area contributed by atoms with Crippen molar-refractivity contribution in [2.75, 3.05) is 26.7 Å². The molecule has 1 aromatic rings. The Bertz CT molecular complexity index is 813. The maximum Gasteiger partial charge on any atom is 0.322 e. The number of aryl methyl sites for hydroxylation is 1. The molecule has 0 spiro atoms.